The molecule has 2 rings (SSSR count). The summed E-state index contributed by atoms with van der Waals surface area (Å²) < 4.78 is 11.5. The van der Waals surface area contributed by atoms with E-state index in [1.165, 1.54) is 6.07 Å². The number of ether oxygens (including phenoxy) is 2. The van der Waals surface area contributed by atoms with Crippen LogP contribution in [0.2, 0.25) is 15.2 Å². The second kappa shape index (κ2) is 7.61. The van der Waals surface area contributed by atoms with E-state index in [2.05, 4.69) is 25.9 Å². The van der Waals surface area contributed by atoms with Gasteiger partial charge < -0.3 is 9.47 Å². The van der Waals surface area contributed by atoms with Crippen LogP contribution in [0.15, 0.2) is 22.7 Å². The highest BCUT2D eigenvalue weighted by Crippen LogP contribution is 2.36. The lowest BCUT2D eigenvalue weighted by Crippen LogP contribution is -2.01. The highest BCUT2D eigenvalue weighted by atomic mass is 79.9. The van der Waals surface area contributed by atoms with Gasteiger partial charge in [-0.25, -0.2) is 4.98 Å². The topological polar surface area (TPSA) is 44.2 Å². The maximum atomic E-state index is 6.10. The molecule has 0 aliphatic heterocycles. The van der Waals surface area contributed by atoms with Crippen LogP contribution in [-0.2, 0) is 11.3 Å². The first-order chi connectivity index (χ1) is 9.99. The molecule has 8 heteroatoms. The Kier molecular flexibility index (Phi) is 6.08. The molecule has 0 saturated carbocycles. The predicted molar refractivity (Wildman–Crippen MR) is 86.6 cm³/mol. The molecule has 1 heterocycles. The lowest BCUT2D eigenvalue weighted by Gasteiger charge is -2.09. The van der Waals surface area contributed by atoms with Crippen molar-refractivity contribution in [3.63, 3.8) is 0 Å². The first-order valence-corrected chi connectivity index (χ1v) is 7.86. The van der Waals surface area contributed by atoms with Crippen LogP contribution in [0, 0.1) is 0 Å². The third-order valence-electron chi connectivity index (χ3n) is 2.34. The molecule has 2 aromatic rings. The van der Waals surface area contributed by atoms with E-state index in [9.17, 15) is 0 Å². The molecule has 1 aromatic heterocycles. The summed E-state index contributed by atoms with van der Waals surface area (Å²) in [5.41, 5.74) is 0. The summed E-state index contributed by atoms with van der Waals surface area (Å²) in [7, 11) is 0. The van der Waals surface area contributed by atoms with Gasteiger partial charge in [0.1, 0.15) is 17.5 Å². The zero-order valence-electron chi connectivity index (χ0n) is 10.9. The summed E-state index contributed by atoms with van der Waals surface area (Å²) in [6, 6.07) is 4.72. The molecule has 0 N–H and O–H groups in total. The Morgan fingerprint density at radius 1 is 1.10 bits per heavy atom. The van der Waals surface area contributed by atoms with Crippen LogP contribution < -0.4 is 4.74 Å². The number of hydrogen-bond donors (Lipinski definition) is 0. The minimum atomic E-state index is 0.252. The fourth-order valence-corrected chi connectivity index (χ4v) is 2.47. The van der Waals surface area contributed by atoms with Crippen molar-refractivity contribution in [1.29, 1.82) is 0 Å². The summed E-state index contributed by atoms with van der Waals surface area (Å²) in [6.07, 6.45) is 0. The van der Waals surface area contributed by atoms with Gasteiger partial charge in [0.05, 0.1) is 10.0 Å². The van der Waals surface area contributed by atoms with Gasteiger partial charge in [-0.3, -0.25) is 0 Å². The van der Waals surface area contributed by atoms with Crippen molar-refractivity contribution >= 4 is 50.7 Å². The molecule has 0 fully saturated rings. The van der Waals surface area contributed by atoms with Gasteiger partial charge in [-0.1, -0.05) is 34.8 Å². The number of rotatable bonds is 5. The molecule has 0 atom stereocenters. The third-order valence-corrected chi connectivity index (χ3v) is 4.03. The largest absolute Gasteiger partial charge is 0.437 e. The van der Waals surface area contributed by atoms with Crippen LogP contribution in [0.25, 0.3) is 0 Å². The van der Waals surface area contributed by atoms with Crippen LogP contribution in [-0.4, -0.2) is 16.6 Å². The van der Waals surface area contributed by atoms with E-state index in [0.717, 1.165) is 0 Å². The number of aromatic nitrogens is 2. The molecule has 112 valence electrons. The van der Waals surface area contributed by atoms with Crippen LogP contribution in [0.4, 0.5) is 0 Å². The van der Waals surface area contributed by atoms with Gasteiger partial charge in [-0.2, -0.15) is 4.98 Å². The standard InChI is InChI=1S/C13H10BrCl3N2O2/c1-2-20-6-12-18-11(17)5-13(19-12)21-10-4-8(15)7(14)3-9(10)16/h3-5H,2,6H2,1H3. The quantitative estimate of drug-likeness (QED) is 0.479. The zero-order valence-corrected chi connectivity index (χ0v) is 14.7. The van der Waals surface area contributed by atoms with Crippen LogP contribution in [0.5, 0.6) is 11.6 Å². The SMILES string of the molecule is CCOCc1nc(Cl)cc(Oc2cc(Cl)c(Br)cc2Cl)n1. The fraction of sp³-hybridized carbons (Fsp3) is 0.231. The molecule has 21 heavy (non-hydrogen) atoms. The molecular formula is C13H10BrCl3N2O2. The van der Waals surface area contributed by atoms with Crippen molar-refractivity contribution in [3.8, 4) is 11.6 Å². The van der Waals surface area contributed by atoms with Gasteiger partial charge in [-0.05, 0) is 28.9 Å². The van der Waals surface area contributed by atoms with E-state index in [1.54, 1.807) is 12.1 Å². The Hall–Kier alpha value is -0.590. The molecule has 0 radical (unpaired) electrons. The molecule has 1 aromatic carbocycles. The summed E-state index contributed by atoms with van der Waals surface area (Å²) in [4.78, 5) is 8.25. The van der Waals surface area contributed by atoms with Gasteiger partial charge >= 0.3 is 0 Å². The van der Waals surface area contributed by atoms with Crippen molar-refractivity contribution in [1.82, 2.24) is 9.97 Å². The second-order valence-corrected chi connectivity index (χ2v) is 5.94. The highest BCUT2D eigenvalue weighted by molar-refractivity contribution is 9.10. The van der Waals surface area contributed by atoms with E-state index in [4.69, 9.17) is 44.3 Å². The minimum absolute atomic E-state index is 0.252. The summed E-state index contributed by atoms with van der Waals surface area (Å²) in [5.74, 6) is 1.07. The number of hydrogen-bond acceptors (Lipinski definition) is 4. The molecular weight excluding hydrogens is 402 g/mol. The smallest absolute Gasteiger partial charge is 0.224 e. The molecule has 0 bridgehead atoms. The maximum Gasteiger partial charge on any atom is 0.224 e. The second-order valence-electron chi connectivity index (χ2n) is 3.88. The van der Waals surface area contributed by atoms with Crippen molar-refractivity contribution in [2.24, 2.45) is 0 Å². The zero-order chi connectivity index (χ0) is 15.4. The Balaban J connectivity index is 2.27. The summed E-state index contributed by atoms with van der Waals surface area (Å²) in [5, 5.41) is 1.13. The number of nitrogens with zero attached hydrogens (tertiary/aromatic N) is 2. The molecule has 0 spiro atoms. The Morgan fingerprint density at radius 2 is 1.86 bits per heavy atom. The first-order valence-electron chi connectivity index (χ1n) is 5.93. The van der Waals surface area contributed by atoms with Crippen LogP contribution in [0.3, 0.4) is 0 Å². The van der Waals surface area contributed by atoms with Crippen molar-refractivity contribution < 1.29 is 9.47 Å². The van der Waals surface area contributed by atoms with Gasteiger partial charge in [0.2, 0.25) is 5.88 Å². The Morgan fingerprint density at radius 3 is 2.57 bits per heavy atom. The van der Waals surface area contributed by atoms with Crippen molar-refractivity contribution in [2.45, 2.75) is 13.5 Å². The average molecular weight is 412 g/mol. The minimum Gasteiger partial charge on any atom is -0.437 e. The van der Waals surface area contributed by atoms with Gasteiger partial charge in [0.25, 0.3) is 0 Å². The molecule has 0 saturated heterocycles. The van der Waals surface area contributed by atoms with Gasteiger partial charge in [-0.15, -0.1) is 0 Å². The van der Waals surface area contributed by atoms with Gasteiger partial charge in [0.15, 0.2) is 5.82 Å². The Labute approximate surface area is 145 Å². The highest BCUT2D eigenvalue weighted by Gasteiger charge is 2.11. The van der Waals surface area contributed by atoms with Gasteiger partial charge in [0, 0.05) is 23.2 Å². The van der Waals surface area contributed by atoms with Crippen molar-refractivity contribution in [2.75, 3.05) is 6.61 Å². The van der Waals surface area contributed by atoms with E-state index in [1.807, 2.05) is 6.92 Å². The molecule has 0 amide bonds. The van der Waals surface area contributed by atoms with E-state index in [0.29, 0.717) is 32.7 Å². The monoisotopic (exact) mass is 410 g/mol. The lowest BCUT2D eigenvalue weighted by atomic mass is 10.3. The third kappa shape index (κ3) is 4.69. The molecule has 0 aliphatic rings. The fourth-order valence-electron chi connectivity index (χ4n) is 1.45. The van der Waals surface area contributed by atoms with E-state index < -0.39 is 0 Å². The van der Waals surface area contributed by atoms with Crippen LogP contribution in [0.1, 0.15) is 12.7 Å². The van der Waals surface area contributed by atoms with E-state index in [-0.39, 0.29) is 17.6 Å². The first kappa shape index (κ1) is 16.8. The maximum absolute atomic E-state index is 6.10. The molecule has 0 aliphatic carbocycles. The normalized spacial score (nSPS) is 10.7. The van der Waals surface area contributed by atoms with Crippen molar-refractivity contribution in [3.05, 3.63) is 43.7 Å². The molecule has 0 unspecified atom stereocenters. The average Bonchev–Trinajstić information content (AvgIpc) is 2.42. The van der Waals surface area contributed by atoms with Crippen LogP contribution >= 0.6 is 50.7 Å². The lowest BCUT2D eigenvalue weighted by molar-refractivity contribution is 0.128. The predicted octanol–water partition coefficient (Wildman–Crippen LogP) is 5.53. The molecule has 4 nitrogen and oxygen atoms in total. The number of benzene rings is 1. The summed E-state index contributed by atoms with van der Waals surface area (Å²) >= 11 is 21.3. The number of halogens is 4. The summed E-state index contributed by atoms with van der Waals surface area (Å²) in [6.45, 7) is 2.69. The van der Waals surface area contributed by atoms with E-state index >= 15 is 0 Å². The Bertz CT molecular complexity index is 656.